The minimum absolute atomic E-state index is 0.0318. The number of amides is 1. The van der Waals surface area contributed by atoms with Crippen molar-refractivity contribution in [2.75, 3.05) is 13.2 Å². The average Bonchev–Trinajstić information content (AvgIpc) is 3.22. The van der Waals surface area contributed by atoms with E-state index in [1.54, 1.807) is 6.08 Å². The van der Waals surface area contributed by atoms with Crippen LogP contribution in [0.4, 0.5) is 0 Å². The van der Waals surface area contributed by atoms with Crippen molar-refractivity contribution in [1.82, 2.24) is 5.32 Å². The van der Waals surface area contributed by atoms with Gasteiger partial charge in [0.15, 0.2) is 0 Å². The fourth-order valence-corrected chi connectivity index (χ4v) is 7.49. The maximum absolute atomic E-state index is 12.4. The molecule has 0 spiro atoms. The van der Waals surface area contributed by atoms with E-state index in [9.17, 15) is 19.8 Å². The van der Waals surface area contributed by atoms with Crippen molar-refractivity contribution in [2.24, 2.45) is 0 Å². The van der Waals surface area contributed by atoms with Gasteiger partial charge in [-0.2, -0.15) is 0 Å². The summed E-state index contributed by atoms with van der Waals surface area (Å²) in [7, 11) is 0. The number of esters is 1. The predicted octanol–water partition coefficient (Wildman–Crippen LogP) is 14.9. The number of allylic oxidation sites excluding steroid dienone is 5. The monoisotopic (exact) mass is 816 g/mol. The van der Waals surface area contributed by atoms with Crippen molar-refractivity contribution in [2.45, 2.75) is 270 Å². The van der Waals surface area contributed by atoms with Gasteiger partial charge in [0.2, 0.25) is 5.91 Å². The lowest BCUT2D eigenvalue weighted by Gasteiger charge is -2.20. The summed E-state index contributed by atoms with van der Waals surface area (Å²) in [6, 6.07) is -0.648. The standard InChI is InChI=1S/C52H97NO5/c1-3-5-7-9-11-13-15-17-18-19-20-21-22-24-26-30-34-38-42-46-52(57)58-47-43-39-35-31-27-29-33-37-41-45-51(56)53-49(48-54)50(55)44-40-36-32-28-25-23-16-14-12-10-8-6-4-2/h11,13,17-18,40,44,49-50,54-55H,3-10,12,14-16,19-39,41-43,45-48H2,1-2H3,(H,53,56)/b13-11-,18-17-,44-40+. The summed E-state index contributed by atoms with van der Waals surface area (Å²) in [4.78, 5) is 24.5. The lowest BCUT2D eigenvalue weighted by atomic mass is 10.0. The van der Waals surface area contributed by atoms with E-state index in [-0.39, 0.29) is 18.5 Å². The SMILES string of the molecule is CCCCC/C=C\C/C=C\CCCCCCCCCCCC(=O)OCCCCCCCCCCCC(=O)NC(CO)C(O)/C=C/CCCCCCCCCCCCC. The molecule has 3 N–H and O–H groups in total. The van der Waals surface area contributed by atoms with Gasteiger partial charge in [-0.05, 0) is 64.2 Å². The van der Waals surface area contributed by atoms with Gasteiger partial charge in [0, 0.05) is 12.8 Å². The van der Waals surface area contributed by atoms with Crippen LogP contribution >= 0.6 is 0 Å². The summed E-state index contributed by atoms with van der Waals surface area (Å²) in [5.41, 5.74) is 0. The summed E-state index contributed by atoms with van der Waals surface area (Å²) in [5.74, 6) is -0.129. The second-order valence-corrected chi connectivity index (χ2v) is 17.1. The van der Waals surface area contributed by atoms with Crippen LogP contribution in [-0.4, -0.2) is 47.4 Å². The summed E-state index contributed by atoms with van der Waals surface area (Å²) in [5, 5.41) is 23.0. The van der Waals surface area contributed by atoms with Crippen molar-refractivity contribution in [1.29, 1.82) is 0 Å². The molecular formula is C52H97NO5. The van der Waals surface area contributed by atoms with Crippen molar-refractivity contribution < 1.29 is 24.5 Å². The normalized spacial score (nSPS) is 13.0. The van der Waals surface area contributed by atoms with Crippen LogP contribution in [0.25, 0.3) is 0 Å². The van der Waals surface area contributed by atoms with Crippen LogP contribution in [-0.2, 0) is 14.3 Å². The van der Waals surface area contributed by atoms with Gasteiger partial charge in [0.25, 0.3) is 0 Å². The largest absolute Gasteiger partial charge is 0.466 e. The molecule has 0 saturated heterocycles. The molecule has 0 aromatic carbocycles. The zero-order chi connectivity index (χ0) is 42.3. The number of nitrogens with one attached hydrogen (secondary N) is 1. The molecule has 0 heterocycles. The van der Waals surface area contributed by atoms with Gasteiger partial charge in [-0.15, -0.1) is 0 Å². The van der Waals surface area contributed by atoms with Crippen LogP contribution in [0.15, 0.2) is 36.5 Å². The zero-order valence-corrected chi connectivity index (χ0v) is 38.5. The summed E-state index contributed by atoms with van der Waals surface area (Å²) < 4.78 is 5.46. The van der Waals surface area contributed by atoms with Gasteiger partial charge in [0.05, 0.1) is 25.4 Å². The number of carbonyl (C=O) groups is 2. The minimum atomic E-state index is -0.861. The Hall–Kier alpha value is -1.92. The van der Waals surface area contributed by atoms with Crippen LogP contribution < -0.4 is 5.32 Å². The Morgan fingerprint density at radius 2 is 0.862 bits per heavy atom. The van der Waals surface area contributed by atoms with Gasteiger partial charge in [0.1, 0.15) is 0 Å². The fourth-order valence-electron chi connectivity index (χ4n) is 7.49. The van der Waals surface area contributed by atoms with Crippen LogP contribution in [0, 0.1) is 0 Å². The Morgan fingerprint density at radius 3 is 1.34 bits per heavy atom. The Balaban J connectivity index is 3.51. The molecule has 0 rings (SSSR count). The molecule has 0 radical (unpaired) electrons. The average molecular weight is 816 g/mol. The van der Waals surface area contributed by atoms with Crippen molar-refractivity contribution in [3.8, 4) is 0 Å². The van der Waals surface area contributed by atoms with Crippen molar-refractivity contribution in [3.05, 3.63) is 36.5 Å². The highest BCUT2D eigenvalue weighted by Gasteiger charge is 2.18. The van der Waals surface area contributed by atoms with E-state index in [1.807, 2.05) is 6.08 Å². The topological polar surface area (TPSA) is 95.9 Å². The lowest BCUT2D eigenvalue weighted by molar-refractivity contribution is -0.143. The first kappa shape index (κ1) is 56.1. The molecule has 0 aliphatic heterocycles. The van der Waals surface area contributed by atoms with Crippen molar-refractivity contribution >= 4 is 11.9 Å². The Labute approximate surface area is 360 Å². The first-order valence-electron chi connectivity index (χ1n) is 25.3. The van der Waals surface area contributed by atoms with Gasteiger partial charge in [-0.3, -0.25) is 9.59 Å². The molecular weight excluding hydrogens is 719 g/mol. The maximum atomic E-state index is 12.4. The quantitative estimate of drug-likeness (QED) is 0.0323. The molecule has 0 aromatic rings. The van der Waals surface area contributed by atoms with Gasteiger partial charge >= 0.3 is 5.97 Å². The third-order valence-corrected chi connectivity index (χ3v) is 11.4. The molecule has 2 unspecified atom stereocenters. The fraction of sp³-hybridized carbons (Fsp3) is 0.846. The number of rotatable bonds is 46. The number of aliphatic hydroxyl groups is 2. The van der Waals surface area contributed by atoms with E-state index in [1.165, 1.54) is 167 Å². The van der Waals surface area contributed by atoms with Gasteiger partial charge in [-0.1, -0.05) is 217 Å². The lowest BCUT2D eigenvalue weighted by Crippen LogP contribution is -2.45. The third kappa shape index (κ3) is 43.7. The van der Waals surface area contributed by atoms with Crippen LogP contribution in [0.3, 0.4) is 0 Å². The van der Waals surface area contributed by atoms with E-state index in [0.717, 1.165) is 64.2 Å². The van der Waals surface area contributed by atoms with Gasteiger partial charge < -0.3 is 20.3 Å². The summed E-state index contributed by atoms with van der Waals surface area (Å²) in [6.07, 6.45) is 57.1. The molecule has 0 bridgehead atoms. The minimum Gasteiger partial charge on any atom is -0.466 e. The van der Waals surface area contributed by atoms with E-state index < -0.39 is 12.1 Å². The van der Waals surface area contributed by atoms with E-state index >= 15 is 0 Å². The molecule has 6 heteroatoms. The number of hydrogen-bond acceptors (Lipinski definition) is 5. The van der Waals surface area contributed by atoms with E-state index in [4.69, 9.17) is 4.74 Å². The molecule has 0 saturated carbocycles. The number of hydrogen-bond donors (Lipinski definition) is 3. The highest BCUT2D eigenvalue weighted by atomic mass is 16.5. The smallest absolute Gasteiger partial charge is 0.305 e. The first-order chi connectivity index (χ1) is 28.5. The molecule has 6 nitrogen and oxygen atoms in total. The second kappa shape index (κ2) is 47.8. The number of carbonyl (C=O) groups excluding carboxylic acids is 2. The molecule has 0 aliphatic rings. The molecule has 2 atom stereocenters. The Kier molecular flexibility index (Phi) is 46.2. The first-order valence-corrected chi connectivity index (χ1v) is 25.3. The highest BCUT2D eigenvalue weighted by molar-refractivity contribution is 5.76. The zero-order valence-electron chi connectivity index (χ0n) is 38.5. The second-order valence-electron chi connectivity index (χ2n) is 17.1. The Morgan fingerprint density at radius 1 is 0.483 bits per heavy atom. The summed E-state index contributed by atoms with van der Waals surface area (Å²) >= 11 is 0. The van der Waals surface area contributed by atoms with Crippen LogP contribution in [0.1, 0.15) is 258 Å². The number of unbranched alkanes of at least 4 members (excludes halogenated alkanes) is 31. The molecule has 0 aromatic heterocycles. The number of aliphatic hydroxyl groups excluding tert-OH is 2. The summed E-state index contributed by atoms with van der Waals surface area (Å²) in [6.45, 7) is 4.80. The van der Waals surface area contributed by atoms with E-state index in [0.29, 0.717) is 19.4 Å². The molecule has 1 amide bonds. The number of ether oxygens (including phenoxy) is 1. The van der Waals surface area contributed by atoms with Crippen LogP contribution in [0.5, 0.6) is 0 Å². The van der Waals surface area contributed by atoms with E-state index in [2.05, 4.69) is 43.5 Å². The molecule has 0 fully saturated rings. The Bertz CT molecular complexity index is 946. The third-order valence-electron chi connectivity index (χ3n) is 11.4. The maximum Gasteiger partial charge on any atom is 0.305 e. The molecule has 0 aliphatic carbocycles. The highest BCUT2D eigenvalue weighted by Crippen LogP contribution is 2.15. The van der Waals surface area contributed by atoms with Crippen LogP contribution in [0.2, 0.25) is 0 Å². The molecule has 340 valence electrons. The predicted molar refractivity (Wildman–Crippen MR) is 250 cm³/mol. The van der Waals surface area contributed by atoms with Gasteiger partial charge in [-0.25, -0.2) is 0 Å². The molecule has 58 heavy (non-hydrogen) atoms. The van der Waals surface area contributed by atoms with Crippen molar-refractivity contribution in [3.63, 3.8) is 0 Å².